The molecule has 0 fully saturated rings. The van der Waals surface area contributed by atoms with E-state index in [1.54, 1.807) is 11.3 Å². The first-order valence-electron chi connectivity index (χ1n) is 7.93. The zero-order valence-electron chi connectivity index (χ0n) is 14.1. The maximum absolute atomic E-state index is 12.0. The Balaban J connectivity index is 1.59. The lowest BCUT2D eigenvalue weighted by Crippen LogP contribution is -2.22. The van der Waals surface area contributed by atoms with Crippen LogP contribution in [0.25, 0.3) is 15.2 Å². The van der Waals surface area contributed by atoms with Crippen LogP contribution in [0.5, 0.6) is 0 Å². The van der Waals surface area contributed by atoms with Crippen LogP contribution >= 0.6 is 22.7 Å². The maximum atomic E-state index is 12.0. The van der Waals surface area contributed by atoms with E-state index in [1.807, 2.05) is 32.2 Å². The number of para-hydroxylation sites is 1. The van der Waals surface area contributed by atoms with E-state index < -0.39 is 0 Å². The Morgan fingerprint density at radius 3 is 2.84 bits per heavy atom. The van der Waals surface area contributed by atoms with Crippen LogP contribution in [-0.4, -0.2) is 31.5 Å². The molecule has 1 aromatic carbocycles. The zero-order chi connectivity index (χ0) is 17.6. The Labute approximate surface area is 152 Å². The number of nitrogens with zero attached hydrogens (tertiary/aromatic N) is 5. The molecule has 128 valence electrons. The van der Waals surface area contributed by atoms with Gasteiger partial charge in [-0.1, -0.05) is 23.5 Å². The standard InChI is InChI=1S/C17H17N5OS2/c1-10-8-15(23)22-17(18-10)25-14(20-22)9-21(3)11(2)16-19-12-6-4-5-7-13(12)24-16/h4-8,11H,9H2,1-3H3/t11-/m0/s1. The number of hydrogen-bond donors (Lipinski definition) is 0. The fraction of sp³-hybridized carbons (Fsp3) is 0.294. The molecule has 0 aliphatic rings. The van der Waals surface area contributed by atoms with E-state index >= 15 is 0 Å². The number of hydrogen-bond acceptors (Lipinski definition) is 7. The highest BCUT2D eigenvalue weighted by Crippen LogP contribution is 2.29. The summed E-state index contributed by atoms with van der Waals surface area (Å²) in [7, 11) is 2.05. The van der Waals surface area contributed by atoms with Gasteiger partial charge in [0.15, 0.2) is 0 Å². The Morgan fingerprint density at radius 1 is 1.24 bits per heavy atom. The van der Waals surface area contributed by atoms with E-state index in [1.165, 1.54) is 26.6 Å². The predicted molar refractivity (Wildman–Crippen MR) is 101 cm³/mol. The molecule has 0 amide bonds. The van der Waals surface area contributed by atoms with Gasteiger partial charge in [-0.05, 0) is 33.0 Å². The summed E-state index contributed by atoms with van der Waals surface area (Å²) >= 11 is 3.17. The highest BCUT2D eigenvalue weighted by atomic mass is 32.1. The number of rotatable bonds is 4. The Morgan fingerprint density at radius 2 is 2.04 bits per heavy atom. The monoisotopic (exact) mass is 371 g/mol. The van der Waals surface area contributed by atoms with Crippen LogP contribution < -0.4 is 5.56 Å². The van der Waals surface area contributed by atoms with Gasteiger partial charge < -0.3 is 0 Å². The molecule has 4 aromatic rings. The lowest BCUT2D eigenvalue weighted by molar-refractivity contribution is 0.251. The third kappa shape index (κ3) is 3.08. The van der Waals surface area contributed by atoms with Crippen LogP contribution in [-0.2, 0) is 6.54 Å². The molecule has 0 spiro atoms. The highest BCUT2D eigenvalue weighted by Gasteiger charge is 2.18. The minimum atomic E-state index is -0.133. The largest absolute Gasteiger partial charge is 0.291 e. The van der Waals surface area contributed by atoms with Crippen molar-refractivity contribution in [2.45, 2.75) is 26.4 Å². The molecule has 0 bridgehead atoms. The van der Waals surface area contributed by atoms with Crippen molar-refractivity contribution in [1.29, 1.82) is 0 Å². The normalized spacial score (nSPS) is 13.1. The second kappa shape index (κ2) is 6.29. The Hall–Kier alpha value is -2.16. The minimum Gasteiger partial charge on any atom is -0.291 e. The van der Waals surface area contributed by atoms with Crippen molar-refractivity contribution in [3.05, 3.63) is 56.4 Å². The van der Waals surface area contributed by atoms with Crippen molar-refractivity contribution in [1.82, 2.24) is 24.5 Å². The van der Waals surface area contributed by atoms with E-state index in [-0.39, 0.29) is 11.6 Å². The van der Waals surface area contributed by atoms with E-state index in [0.717, 1.165) is 21.2 Å². The lowest BCUT2D eigenvalue weighted by atomic mass is 10.3. The van der Waals surface area contributed by atoms with Crippen molar-refractivity contribution in [2.75, 3.05) is 7.05 Å². The lowest BCUT2D eigenvalue weighted by Gasteiger charge is -2.21. The predicted octanol–water partition coefficient (Wildman–Crippen LogP) is 3.26. The third-order valence-corrected chi connectivity index (χ3v) is 6.23. The average Bonchev–Trinajstić information content (AvgIpc) is 3.17. The number of aryl methyl sites for hydroxylation is 1. The molecular formula is C17H17N5OS2. The molecule has 0 aliphatic carbocycles. The van der Waals surface area contributed by atoms with Crippen LogP contribution in [0.4, 0.5) is 0 Å². The summed E-state index contributed by atoms with van der Waals surface area (Å²) in [5.41, 5.74) is 1.62. The molecule has 4 rings (SSSR count). The quantitative estimate of drug-likeness (QED) is 0.551. The van der Waals surface area contributed by atoms with Gasteiger partial charge in [-0.25, -0.2) is 9.97 Å². The van der Waals surface area contributed by atoms with Crippen molar-refractivity contribution in [2.24, 2.45) is 0 Å². The van der Waals surface area contributed by atoms with Crippen molar-refractivity contribution in [3.63, 3.8) is 0 Å². The highest BCUT2D eigenvalue weighted by molar-refractivity contribution is 7.18. The van der Waals surface area contributed by atoms with E-state index in [0.29, 0.717) is 11.5 Å². The molecule has 0 saturated heterocycles. The van der Waals surface area contributed by atoms with Crippen LogP contribution in [0.1, 0.15) is 28.7 Å². The van der Waals surface area contributed by atoms with Gasteiger partial charge in [-0.3, -0.25) is 9.69 Å². The fourth-order valence-corrected chi connectivity index (χ4v) is 4.72. The number of benzene rings is 1. The maximum Gasteiger partial charge on any atom is 0.275 e. The van der Waals surface area contributed by atoms with E-state index in [4.69, 9.17) is 4.98 Å². The van der Waals surface area contributed by atoms with Gasteiger partial charge in [0.05, 0.1) is 22.8 Å². The second-order valence-electron chi connectivity index (χ2n) is 6.04. The minimum absolute atomic E-state index is 0.133. The molecule has 1 atom stereocenters. The van der Waals surface area contributed by atoms with Crippen molar-refractivity contribution >= 4 is 37.9 Å². The molecule has 3 aromatic heterocycles. The summed E-state index contributed by atoms with van der Waals surface area (Å²) in [5, 5.41) is 6.36. The molecule has 0 N–H and O–H groups in total. The van der Waals surface area contributed by atoms with Gasteiger partial charge in [-0.2, -0.15) is 9.61 Å². The fourth-order valence-electron chi connectivity index (χ4n) is 2.63. The van der Waals surface area contributed by atoms with Crippen LogP contribution in [0, 0.1) is 6.92 Å². The SMILES string of the molecule is Cc1cc(=O)n2nc(CN(C)[C@@H](C)c3nc4ccccc4s3)sc2n1. The van der Waals surface area contributed by atoms with Crippen LogP contribution in [0.2, 0.25) is 0 Å². The molecule has 8 heteroatoms. The molecule has 0 radical (unpaired) electrons. The first kappa shape index (κ1) is 16.3. The van der Waals surface area contributed by atoms with Crippen molar-refractivity contribution < 1.29 is 0 Å². The molecule has 6 nitrogen and oxygen atoms in total. The van der Waals surface area contributed by atoms with Gasteiger partial charge in [-0.15, -0.1) is 11.3 Å². The third-order valence-electron chi connectivity index (χ3n) is 4.13. The number of fused-ring (bicyclic) bond motifs is 2. The molecule has 25 heavy (non-hydrogen) atoms. The van der Waals surface area contributed by atoms with Gasteiger partial charge in [0.2, 0.25) is 4.96 Å². The van der Waals surface area contributed by atoms with Gasteiger partial charge in [0.1, 0.15) is 10.0 Å². The second-order valence-corrected chi connectivity index (χ2v) is 8.14. The summed E-state index contributed by atoms with van der Waals surface area (Å²) in [6.07, 6.45) is 0. The van der Waals surface area contributed by atoms with Crippen LogP contribution in [0.3, 0.4) is 0 Å². The summed E-state index contributed by atoms with van der Waals surface area (Å²) in [5.74, 6) is 0. The summed E-state index contributed by atoms with van der Waals surface area (Å²) in [6, 6.07) is 9.84. The molecule has 0 aliphatic heterocycles. The van der Waals surface area contributed by atoms with Crippen molar-refractivity contribution in [3.8, 4) is 0 Å². The molecule has 0 saturated carbocycles. The molecule has 3 heterocycles. The Kier molecular flexibility index (Phi) is 4.10. The summed E-state index contributed by atoms with van der Waals surface area (Å²) in [4.78, 5) is 23.9. The van der Waals surface area contributed by atoms with Crippen LogP contribution in [0.15, 0.2) is 35.1 Å². The molecule has 0 unspecified atom stereocenters. The smallest absolute Gasteiger partial charge is 0.275 e. The number of thiazole rings is 1. The van der Waals surface area contributed by atoms with Gasteiger partial charge in [0, 0.05) is 11.8 Å². The van der Waals surface area contributed by atoms with Gasteiger partial charge in [0.25, 0.3) is 5.56 Å². The Bertz CT molecular complexity index is 1080. The van der Waals surface area contributed by atoms with Gasteiger partial charge >= 0.3 is 0 Å². The number of aromatic nitrogens is 4. The first-order chi connectivity index (χ1) is 12.0. The molecular weight excluding hydrogens is 354 g/mol. The van der Waals surface area contributed by atoms with E-state index in [2.05, 4.69) is 28.0 Å². The van der Waals surface area contributed by atoms with E-state index in [9.17, 15) is 4.79 Å². The first-order valence-corrected chi connectivity index (χ1v) is 9.56. The summed E-state index contributed by atoms with van der Waals surface area (Å²) < 4.78 is 2.58. The zero-order valence-corrected chi connectivity index (χ0v) is 15.8. The topological polar surface area (TPSA) is 63.4 Å². The average molecular weight is 371 g/mol. The summed E-state index contributed by atoms with van der Waals surface area (Å²) in [6.45, 7) is 4.60.